The maximum atomic E-state index is 13.9. The molecule has 6 heteroatoms. The number of ketones is 1. The zero-order chi connectivity index (χ0) is 16.7. The summed E-state index contributed by atoms with van der Waals surface area (Å²) in [5.74, 6) is -3.68. The molecule has 1 aliphatic carbocycles. The van der Waals surface area contributed by atoms with Crippen LogP contribution in [0.2, 0.25) is 0 Å². The molecule has 2 rings (SSSR count). The van der Waals surface area contributed by atoms with Crippen LogP contribution in [-0.4, -0.2) is 25.0 Å². The Morgan fingerprint density at radius 2 is 1.77 bits per heavy atom. The summed E-state index contributed by atoms with van der Waals surface area (Å²) in [5, 5.41) is 0. The summed E-state index contributed by atoms with van der Waals surface area (Å²) in [6, 6.07) is 4.54. The Morgan fingerprint density at radius 1 is 1.23 bits per heavy atom. The van der Waals surface area contributed by atoms with Gasteiger partial charge in [0.2, 0.25) is 0 Å². The van der Waals surface area contributed by atoms with Crippen molar-refractivity contribution in [2.24, 2.45) is 5.92 Å². The first-order valence-electron chi connectivity index (χ1n) is 6.89. The topological polar surface area (TPSA) is 43.4 Å². The van der Waals surface area contributed by atoms with Crippen molar-refractivity contribution in [3.63, 3.8) is 0 Å². The lowest BCUT2D eigenvalue weighted by Crippen LogP contribution is -2.50. The summed E-state index contributed by atoms with van der Waals surface area (Å²) < 4.78 is 46.3. The third-order valence-electron chi connectivity index (χ3n) is 4.26. The predicted molar refractivity (Wildman–Crippen MR) is 73.4 cm³/mol. The number of alkyl halides is 3. The van der Waals surface area contributed by atoms with Gasteiger partial charge in [-0.25, -0.2) is 0 Å². The Hall–Kier alpha value is -1.85. The van der Waals surface area contributed by atoms with E-state index in [1.54, 1.807) is 19.9 Å². The van der Waals surface area contributed by atoms with Crippen molar-refractivity contribution in [2.45, 2.75) is 38.3 Å². The first kappa shape index (κ1) is 16.5. The van der Waals surface area contributed by atoms with Gasteiger partial charge in [-0.1, -0.05) is 29.3 Å². The van der Waals surface area contributed by atoms with Gasteiger partial charge in [0, 0.05) is 6.42 Å². The van der Waals surface area contributed by atoms with Crippen LogP contribution >= 0.6 is 0 Å². The van der Waals surface area contributed by atoms with Crippen LogP contribution in [-0.2, 0) is 19.7 Å². The van der Waals surface area contributed by atoms with Gasteiger partial charge in [-0.15, -0.1) is 0 Å². The molecule has 1 aromatic rings. The van der Waals surface area contributed by atoms with E-state index in [0.717, 1.165) is 7.11 Å². The van der Waals surface area contributed by atoms with Crippen molar-refractivity contribution < 1.29 is 27.5 Å². The molecule has 0 saturated heterocycles. The van der Waals surface area contributed by atoms with Gasteiger partial charge in [-0.05, 0) is 25.8 Å². The number of carbonyl (C=O) groups is 2. The fraction of sp³-hybridized carbons (Fsp3) is 0.500. The molecule has 2 unspecified atom stereocenters. The van der Waals surface area contributed by atoms with E-state index in [0.29, 0.717) is 11.1 Å². The number of esters is 1. The third-order valence-corrected chi connectivity index (χ3v) is 4.26. The van der Waals surface area contributed by atoms with Crippen molar-refractivity contribution in [3.05, 3.63) is 34.9 Å². The SMILES string of the molecule is COC(=O)C1C(=O)CCC1(c1cc(C)cc(C)c1)C(F)(F)F. The molecule has 0 bridgehead atoms. The molecular formula is C16H17F3O3. The van der Waals surface area contributed by atoms with E-state index < -0.39 is 35.7 Å². The molecule has 1 aliphatic rings. The Labute approximate surface area is 126 Å². The normalized spacial score (nSPS) is 25.4. The molecule has 120 valence electrons. The zero-order valence-corrected chi connectivity index (χ0v) is 12.6. The minimum absolute atomic E-state index is 0.0428. The second-order valence-corrected chi connectivity index (χ2v) is 5.77. The predicted octanol–water partition coefficient (Wildman–Crippen LogP) is 3.26. The smallest absolute Gasteiger partial charge is 0.399 e. The highest BCUT2D eigenvalue weighted by molar-refractivity contribution is 6.03. The summed E-state index contributed by atoms with van der Waals surface area (Å²) in [6.07, 6.45) is -5.44. The summed E-state index contributed by atoms with van der Waals surface area (Å²) in [7, 11) is 0.997. The molecule has 0 N–H and O–H groups in total. The second kappa shape index (κ2) is 5.41. The molecular weight excluding hydrogens is 297 g/mol. The highest BCUT2D eigenvalue weighted by Crippen LogP contribution is 2.54. The average Bonchev–Trinajstić information content (AvgIpc) is 2.75. The van der Waals surface area contributed by atoms with E-state index in [1.807, 2.05) is 0 Å². The molecule has 0 aromatic heterocycles. The Bertz CT molecular complexity index is 601. The molecule has 0 aliphatic heterocycles. The minimum atomic E-state index is -4.72. The van der Waals surface area contributed by atoms with Crippen LogP contribution < -0.4 is 0 Å². The maximum absolute atomic E-state index is 13.9. The molecule has 2 atom stereocenters. The van der Waals surface area contributed by atoms with Crippen LogP contribution in [0.15, 0.2) is 18.2 Å². The molecule has 3 nitrogen and oxygen atoms in total. The van der Waals surface area contributed by atoms with Crippen molar-refractivity contribution in [3.8, 4) is 0 Å². The van der Waals surface area contributed by atoms with Crippen LogP contribution in [0.4, 0.5) is 13.2 Å². The zero-order valence-electron chi connectivity index (χ0n) is 12.6. The summed E-state index contributed by atoms with van der Waals surface area (Å²) >= 11 is 0. The molecule has 1 saturated carbocycles. The van der Waals surface area contributed by atoms with E-state index in [-0.39, 0.29) is 12.0 Å². The number of hydrogen-bond acceptors (Lipinski definition) is 3. The molecule has 0 spiro atoms. The lowest BCUT2D eigenvalue weighted by Gasteiger charge is -2.36. The van der Waals surface area contributed by atoms with Crippen molar-refractivity contribution in [1.29, 1.82) is 0 Å². The van der Waals surface area contributed by atoms with Crippen LogP contribution in [0.5, 0.6) is 0 Å². The highest BCUT2D eigenvalue weighted by Gasteiger charge is 2.67. The van der Waals surface area contributed by atoms with Gasteiger partial charge >= 0.3 is 12.1 Å². The van der Waals surface area contributed by atoms with Gasteiger partial charge in [0.1, 0.15) is 17.1 Å². The average molecular weight is 314 g/mol. The molecule has 1 fully saturated rings. The van der Waals surface area contributed by atoms with E-state index in [2.05, 4.69) is 4.74 Å². The van der Waals surface area contributed by atoms with Crippen LogP contribution in [0.3, 0.4) is 0 Å². The van der Waals surface area contributed by atoms with Gasteiger partial charge in [0.05, 0.1) is 7.11 Å². The molecule has 0 heterocycles. The van der Waals surface area contributed by atoms with E-state index in [9.17, 15) is 22.8 Å². The molecule has 0 amide bonds. The molecule has 0 radical (unpaired) electrons. The number of ether oxygens (including phenoxy) is 1. The molecule has 1 aromatic carbocycles. The third kappa shape index (κ3) is 2.40. The van der Waals surface area contributed by atoms with Crippen LogP contribution in [0.1, 0.15) is 29.5 Å². The van der Waals surface area contributed by atoms with Gasteiger partial charge < -0.3 is 4.74 Å². The lowest BCUT2D eigenvalue weighted by molar-refractivity contribution is -0.207. The second-order valence-electron chi connectivity index (χ2n) is 5.77. The lowest BCUT2D eigenvalue weighted by atomic mass is 9.70. The van der Waals surface area contributed by atoms with E-state index >= 15 is 0 Å². The van der Waals surface area contributed by atoms with Crippen molar-refractivity contribution >= 4 is 11.8 Å². The fourth-order valence-electron chi connectivity index (χ4n) is 3.35. The van der Waals surface area contributed by atoms with E-state index in [1.165, 1.54) is 12.1 Å². The number of aryl methyl sites for hydroxylation is 2. The quantitative estimate of drug-likeness (QED) is 0.622. The largest absolute Gasteiger partial charge is 0.468 e. The van der Waals surface area contributed by atoms with Crippen LogP contribution in [0.25, 0.3) is 0 Å². The number of halogens is 3. The molecule has 22 heavy (non-hydrogen) atoms. The Kier molecular flexibility index (Phi) is 4.06. The summed E-state index contributed by atoms with van der Waals surface area (Å²) in [4.78, 5) is 23.9. The number of benzene rings is 1. The number of methoxy groups -OCH3 is 1. The van der Waals surface area contributed by atoms with Gasteiger partial charge in [-0.3, -0.25) is 9.59 Å². The number of carbonyl (C=O) groups excluding carboxylic acids is 2. The number of Topliss-reactive ketones (excluding diaryl/α,β-unsaturated/α-hetero) is 1. The highest BCUT2D eigenvalue weighted by atomic mass is 19.4. The number of rotatable bonds is 2. The Balaban J connectivity index is 2.73. The van der Waals surface area contributed by atoms with Crippen molar-refractivity contribution in [2.75, 3.05) is 7.11 Å². The summed E-state index contributed by atoms with van der Waals surface area (Å²) in [6.45, 7) is 3.37. The summed E-state index contributed by atoms with van der Waals surface area (Å²) in [5.41, 5.74) is -1.24. The van der Waals surface area contributed by atoms with Gasteiger partial charge in [0.25, 0.3) is 0 Å². The van der Waals surface area contributed by atoms with Crippen LogP contribution in [0, 0.1) is 19.8 Å². The first-order chi connectivity index (χ1) is 10.1. The Morgan fingerprint density at radius 3 is 2.23 bits per heavy atom. The number of hydrogen-bond donors (Lipinski definition) is 0. The maximum Gasteiger partial charge on any atom is 0.399 e. The van der Waals surface area contributed by atoms with Gasteiger partial charge in [0.15, 0.2) is 0 Å². The fourth-order valence-corrected chi connectivity index (χ4v) is 3.35. The first-order valence-corrected chi connectivity index (χ1v) is 6.89. The minimum Gasteiger partial charge on any atom is -0.468 e. The standard InChI is InChI=1S/C16H17F3O3/c1-9-6-10(2)8-11(7-9)15(16(17,18)19)5-4-12(20)13(15)14(21)22-3/h6-8,13H,4-5H2,1-3H3. The monoisotopic (exact) mass is 314 g/mol. The van der Waals surface area contributed by atoms with Gasteiger partial charge in [-0.2, -0.15) is 13.2 Å². The van der Waals surface area contributed by atoms with Crippen molar-refractivity contribution in [1.82, 2.24) is 0 Å². The van der Waals surface area contributed by atoms with E-state index in [4.69, 9.17) is 0 Å².